The molecule has 0 aliphatic carbocycles. The SMILES string of the molecule is Cc1cc(C)c(O)c(-c2nc3c(-c4[c-]c(-c5cc(-c6ccc(C(C)(C)C)cc6)ccn5)cc(C(C)(C)C)c4)cccc3n2-c2ccc(-c3ccccc3)c(CC(C)C)c2)c1.[Pt]. The van der Waals surface area contributed by atoms with E-state index in [9.17, 15) is 5.11 Å². The van der Waals surface area contributed by atoms with E-state index in [4.69, 9.17) is 9.97 Å². The summed E-state index contributed by atoms with van der Waals surface area (Å²) in [6.45, 7) is 22.1. The van der Waals surface area contributed by atoms with E-state index in [2.05, 4.69) is 188 Å². The van der Waals surface area contributed by atoms with Gasteiger partial charge in [0.25, 0.3) is 0 Å². The van der Waals surface area contributed by atoms with Crippen LogP contribution in [0.15, 0.2) is 134 Å². The van der Waals surface area contributed by atoms with Crippen LogP contribution in [-0.2, 0) is 38.3 Å². The molecule has 61 heavy (non-hydrogen) atoms. The number of para-hydroxylation sites is 1. The molecular weight excluding hydrogens is 926 g/mol. The Balaban J connectivity index is 0.00000561. The van der Waals surface area contributed by atoms with Gasteiger partial charge in [0.15, 0.2) is 0 Å². The van der Waals surface area contributed by atoms with Gasteiger partial charge in [0.2, 0.25) is 0 Å². The van der Waals surface area contributed by atoms with Crippen LogP contribution >= 0.6 is 0 Å². The average Bonchev–Trinajstić information content (AvgIpc) is 3.61. The van der Waals surface area contributed by atoms with Crippen LogP contribution in [0.2, 0.25) is 0 Å². The van der Waals surface area contributed by atoms with E-state index in [0.717, 1.165) is 67.8 Å². The molecule has 0 amide bonds. The molecule has 0 saturated heterocycles. The number of rotatable bonds is 8. The summed E-state index contributed by atoms with van der Waals surface area (Å²) in [5.41, 5.74) is 17.5. The molecule has 0 aliphatic heterocycles. The number of imidazole rings is 1. The quantitative estimate of drug-likeness (QED) is 0.154. The summed E-state index contributed by atoms with van der Waals surface area (Å²) in [4.78, 5) is 10.4. The third-order valence-electron chi connectivity index (χ3n) is 11.6. The smallest absolute Gasteiger partial charge is 0.148 e. The minimum atomic E-state index is -0.143. The van der Waals surface area contributed by atoms with E-state index in [0.29, 0.717) is 17.3 Å². The van der Waals surface area contributed by atoms with Gasteiger partial charge in [-0.3, -0.25) is 9.55 Å². The standard InChI is InChI=1S/C56H56N3O.Pt/c1-35(2)27-41-33-46(23-24-47(41)39-15-12-11-13-16-39)59-51-18-14-17-48(52(51)58-54(59)49-29-36(3)28-37(4)53(49)60)42-30-43(32-45(31-42)56(8,9)10)50-34-40(25-26-57-50)38-19-21-44(22-20-38)55(5,6)7;/h11-26,28-29,31-35,60H,27H2,1-10H3;/q-1;. The van der Waals surface area contributed by atoms with Gasteiger partial charge in [0.1, 0.15) is 11.6 Å². The molecule has 2 heterocycles. The molecule has 2 aromatic heterocycles. The van der Waals surface area contributed by atoms with Gasteiger partial charge in [-0.2, -0.15) is 0 Å². The van der Waals surface area contributed by atoms with Crippen molar-refractivity contribution in [2.75, 3.05) is 0 Å². The van der Waals surface area contributed by atoms with Crippen LogP contribution in [0.5, 0.6) is 5.75 Å². The largest absolute Gasteiger partial charge is 0.507 e. The van der Waals surface area contributed by atoms with Crippen molar-refractivity contribution in [3.05, 3.63) is 167 Å². The Morgan fingerprint density at radius 1 is 0.639 bits per heavy atom. The number of hydrogen-bond acceptors (Lipinski definition) is 3. The van der Waals surface area contributed by atoms with Gasteiger partial charge < -0.3 is 5.11 Å². The van der Waals surface area contributed by atoms with Crippen molar-refractivity contribution >= 4 is 11.0 Å². The first-order valence-electron chi connectivity index (χ1n) is 21.2. The number of fused-ring (bicyclic) bond motifs is 1. The van der Waals surface area contributed by atoms with Crippen molar-refractivity contribution in [2.45, 2.75) is 86.5 Å². The van der Waals surface area contributed by atoms with Gasteiger partial charge in [-0.25, -0.2) is 4.98 Å². The Morgan fingerprint density at radius 2 is 1.34 bits per heavy atom. The first kappa shape index (κ1) is 43.5. The predicted octanol–water partition coefficient (Wildman–Crippen LogP) is 14.7. The molecule has 0 saturated carbocycles. The number of pyridine rings is 1. The Labute approximate surface area is 377 Å². The molecule has 0 aliphatic rings. The number of phenolic OH excluding ortho intramolecular Hbond substituents is 1. The van der Waals surface area contributed by atoms with E-state index < -0.39 is 0 Å². The molecule has 0 unspecified atom stereocenters. The number of phenols is 1. The van der Waals surface area contributed by atoms with Crippen LogP contribution < -0.4 is 0 Å². The Kier molecular flexibility index (Phi) is 12.2. The van der Waals surface area contributed by atoms with Crippen molar-refractivity contribution in [3.63, 3.8) is 0 Å². The summed E-state index contributed by atoms with van der Waals surface area (Å²) in [7, 11) is 0. The third kappa shape index (κ3) is 8.93. The molecule has 0 radical (unpaired) electrons. The van der Waals surface area contributed by atoms with Gasteiger partial charge >= 0.3 is 0 Å². The number of aromatic hydroxyl groups is 1. The van der Waals surface area contributed by atoms with Gasteiger partial charge in [-0.15, -0.1) is 29.3 Å². The zero-order chi connectivity index (χ0) is 42.5. The molecule has 0 fully saturated rings. The summed E-state index contributed by atoms with van der Waals surface area (Å²) in [5.74, 6) is 1.40. The van der Waals surface area contributed by atoms with Crippen LogP contribution in [0.25, 0.3) is 72.7 Å². The second kappa shape index (κ2) is 17.1. The van der Waals surface area contributed by atoms with Crippen molar-refractivity contribution in [1.29, 1.82) is 0 Å². The topological polar surface area (TPSA) is 50.9 Å². The summed E-state index contributed by atoms with van der Waals surface area (Å²) < 4.78 is 2.23. The second-order valence-corrected chi connectivity index (χ2v) is 18.9. The molecular formula is C56H56N3OPt-. The fourth-order valence-corrected chi connectivity index (χ4v) is 8.32. The summed E-state index contributed by atoms with van der Waals surface area (Å²) >= 11 is 0. The maximum Gasteiger partial charge on any atom is 0.148 e. The molecule has 5 heteroatoms. The molecule has 4 nitrogen and oxygen atoms in total. The normalized spacial score (nSPS) is 11.9. The summed E-state index contributed by atoms with van der Waals surface area (Å²) in [5, 5.41) is 11.7. The first-order chi connectivity index (χ1) is 28.5. The fraction of sp³-hybridized carbons (Fsp3) is 0.250. The van der Waals surface area contributed by atoms with Gasteiger partial charge in [0.05, 0.1) is 16.6 Å². The Morgan fingerprint density at radius 3 is 2.03 bits per heavy atom. The van der Waals surface area contributed by atoms with E-state index in [1.165, 1.54) is 27.8 Å². The molecule has 0 bridgehead atoms. The number of nitrogens with zero attached hydrogens (tertiary/aromatic N) is 3. The number of aromatic nitrogens is 3. The minimum absolute atomic E-state index is 0. The third-order valence-corrected chi connectivity index (χ3v) is 11.6. The van der Waals surface area contributed by atoms with Crippen LogP contribution in [0, 0.1) is 25.8 Å². The number of benzene rings is 6. The van der Waals surface area contributed by atoms with Crippen LogP contribution in [0.3, 0.4) is 0 Å². The van der Waals surface area contributed by atoms with Crippen LogP contribution in [-0.4, -0.2) is 19.6 Å². The van der Waals surface area contributed by atoms with Crippen molar-refractivity contribution in [1.82, 2.24) is 14.5 Å². The molecule has 8 aromatic rings. The van der Waals surface area contributed by atoms with E-state index in [1.807, 2.05) is 25.3 Å². The second-order valence-electron chi connectivity index (χ2n) is 18.9. The first-order valence-corrected chi connectivity index (χ1v) is 21.2. The van der Waals surface area contributed by atoms with E-state index in [1.54, 1.807) is 0 Å². The summed E-state index contributed by atoms with van der Waals surface area (Å²) in [6, 6.07) is 49.3. The van der Waals surface area contributed by atoms with Crippen LogP contribution in [0.1, 0.15) is 83.2 Å². The maximum atomic E-state index is 11.7. The van der Waals surface area contributed by atoms with E-state index >= 15 is 0 Å². The van der Waals surface area contributed by atoms with Crippen molar-refractivity contribution in [2.24, 2.45) is 5.92 Å². The number of hydrogen-bond donors (Lipinski definition) is 1. The van der Waals surface area contributed by atoms with Gasteiger partial charge in [0, 0.05) is 38.6 Å². The molecule has 8 rings (SSSR count). The molecule has 6 aromatic carbocycles. The average molecular weight is 982 g/mol. The van der Waals surface area contributed by atoms with Crippen molar-refractivity contribution < 1.29 is 26.2 Å². The zero-order valence-corrected chi connectivity index (χ0v) is 39.4. The van der Waals surface area contributed by atoms with E-state index in [-0.39, 0.29) is 37.6 Å². The molecule has 1 N–H and O–H groups in total. The van der Waals surface area contributed by atoms with Gasteiger partial charge in [-0.05, 0) is 112 Å². The summed E-state index contributed by atoms with van der Waals surface area (Å²) in [6.07, 6.45) is 2.83. The van der Waals surface area contributed by atoms with Gasteiger partial charge in [-0.1, -0.05) is 151 Å². The minimum Gasteiger partial charge on any atom is -0.507 e. The predicted molar refractivity (Wildman–Crippen MR) is 252 cm³/mol. The fourth-order valence-electron chi connectivity index (χ4n) is 8.32. The monoisotopic (exact) mass is 981 g/mol. The number of aryl methyl sites for hydroxylation is 2. The maximum absolute atomic E-state index is 11.7. The Hall–Kier alpha value is -5.57. The molecule has 0 spiro atoms. The zero-order valence-electron chi connectivity index (χ0n) is 37.1. The molecule has 0 atom stereocenters. The van der Waals surface area contributed by atoms with Crippen molar-refractivity contribution in [3.8, 4) is 67.5 Å². The Bertz CT molecular complexity index is 2860. The van der Waals surface area contributed by atoms with Crippen LogP contribution in [0.4, 0.5) is 0 Å². The molecule has 312 valence electrons.